The van der Waals surface area contributed by atoms with Crippen LogP contribution in [0.1, 0.15) is 28.8 Å². The minimum absolute atomic E-state index is 0.396. The van der Waals surface area contributed by atoms with E-state index in [1.807, 2.05) is 49.4 Å². The molecule has 9 heteroatoms. The maximum atomic E-state index is 12.5. The Hall–Kier alpha value is -4.53. The summed E-state index contributed by atoms with van der Waals surface area (Å²) in [6.07, 6.45) is 2.56. The van der Waals surface area contributed by atoms with Crippen LogP contribution in [0.3, 0.4) is 0 Å². The second-order valence-corrected chi connectivity index (χ2v) is 10.6. The normalized spacial score (nSPS) is 13.3. The van der Waals surface area contributed by atoms with Crippen molar-refractivity contribution in [2.24, 2.45) is 0 Å². The van der Waals surface area contributed by atoms with Crippen LogP contribution in [0.4, 0.5) is 11.6 Å². The molecule has 0 radical (unpaired) electrons. The van der Waals surface area contributed by atoms with Gasteiger partial charge in [0.15, 0.2) is 0 Å². The standard InChI is InChI=1S/C33H30ClN5O3/c1-22-19-24(28-21-27(13-14-29(28)34)42-32(40)23-7-3-2-4-8-23)20-30-31(22)36-33(38-37-30)35-25-9-11-26(12-10-25)41-18-17-39-15-5-6-16-39/h2-4,7-14,19-21H,5-6,15-18H2,1H3,(H,35,36,38). The predicted molar refractivity (Wildman–Crippen MR) is 165 cm³/mol. The topological polar surface area (TPSA) is 89.5 Å². The zero-order chi connectivity index (χ0) is 28.9. The summed E-state index contributed by atoms with van der Waals surface area (Å²) in [6.45, 7) is 5.93. The molecule has 0 unspecified atom stereocenters. The maximum absolute atomic E-state index is 12.5. The van der Waals surface area contributed by atoms with Crippen molar-refractivity contribution in [2.45, 2.75) is 19.8 Å². The fourth-order valence-corrected chi connectivity index (χ4v) is 5.24. The third kappa shape index (κ3) is 6.51. The van der Waals surface area contributed by atoms with E-state index in [-0.39, 0.29) is 0 Å². The van der Waals surface area contributed by atoms with E-state index >= 15 is 0 Å². The quantitative estimate of drug-likeness (QED) is 0.146. The fraction of sp³-hybridized carbons (Fsp3) is 0.212. The van der Waals surface area contributed by atoms with E-state index in [0.29, 0.717) is 40.0 Å². The highest BCUT2D eigenvalue weighted by Gasteiger charge is 2.14. The van der Waals surface area contributed by atoms with Crippen LogP contribution in [0.25, 0.3) is 22.2 Å². The fourth-order valence-electron chi connectivity index (χ4n) is 5.01. The van der Waals surface area contributed by atoms with Gasteiger partial charge >= 0.3 is 5.97 Å². The van der Waals surface area contributed by atoms with Gasteiger partial charge in [-0.25, -0.2) is 9.78 Å². The van der Waals surface area contributed by atoms with Gasteiger partial charge in [0, 0.05) is 22.8 Å². The molecule has 1 aliphatic heterocycles. The Morgan fingerprint density at radius 2 is 1.69 bits per heavy atom. The molecule has 0 aliphatic carbocycles. The second-order valence-electron chi connectivity index (χ2n) is 10.2. The van der Waals surface area contributed by atoms with Gasteiger partial charge in [0.05, 0.1) is 11.1 Å². The van der Waals surface area contributed by atoms with Gasteiger partial charge in [-0.05, 0) is 111 Å². The van der Waals surface area contributed by atoms with Crippen LogP contribution in [0.15, 0.2) is 84.9 Å². The molecule has 0 atom stereocenters. The summed E-state index contributed by atoms with van der Waals surface area (Å²) in [7, 11) is 0. The molecule has 0 bridgehead atoms. The first-order chi connectivity index (χ1) is 20.5. The number of anilines is 2. The molecule has 0 saturated carbocycles. The van der Waals surface area contributed by atoms with E-state index in [1.165, 1.54) is 25.9 Å². The van der Waals surface area contributed by atoms with Gasteiger partial charge in [0.2, 0.25) is 5.95 Å². The molecule has 212 valence electrons. The first-order valence-electron chi connectivity index (χ1n) is 14.0. The Kier molecular flexibility index (Phi) is 8.26. The van der Waals surface area contributed by atoms with E-state index in [4.69, 9.17) is 26.1 Å². The number of carbonyl (C=O) groups excluding carboxylic acids is 1. The zero-order valence-corrected chi connectivity index (χ0v) is 24.0. The summed E-state index contributed by atoms with van der Waals surface area (Å²) < 4.78 is 11.5. The van der Waals surface area contributed by atoms with Gasteiger partial charge in [-0.15, -0.1) is 10.2 Å². The van der Waals surface area contributed by atoms with Crippen molar-refractivity contribution in [3.05, 3.63) is 101 Å². The third-order valence-electron chi connectivity index (χ3n) is 7.20. The summed E-state index contributed by atoms with van der Waals surface area (Å²) in [5.74, 6) is 1.19. The van der Waals surface area contributed by atoms with Crippen LogP contribution in [0.5, 0.6) is 11.5 Å². The van der Waals surface area contributed by atoms with Crippen molar-refractivity contribution in [3.63, 3.8) is 0 Å². The SMILES string of the molecule is Cc1cc(-c2cc(OC(=O)c3ccccc3)ccc2Cl)cc2nnc(Nc3ccc(OCCN4CCCC4)cc3)nc12. The van der Waals surface area contributed by atoms with Crippen LogP contribution in [0, 0.1) is 6.92 Å². The molecular weight excluding hydrogens is 550 g/mol. The van der Waals surface area contributed by atoms with Crippen LogP contribution in [-0.2, 0) is 0 Å². The van der Waals surface area contributed by atoms with E-state index in [2.05, 4.69) is 20.4 Å². The van der Waals surface area contributed by atoms with E-state index in [1.54, 1.807) is 42.5 Å². The molecule has 1 fully saturated rings. The third-order valence-corrected chi connectivity index (χ3v) is 7.53. The lowest BCUT2D eigenvalue weighted by atomic mass is 10.0. The number of nitrogens with one attached hydrogen (secondary N) is 1. The van der Waals surface area contributed by atoms with E-state index in [9.17, 15) is 4.79 Å². The average molecular weight is 580 g/mol. The maximum Gasteiger partial charge on any atom is 0.343 e. The van der Waals surface area contributed by atoms with Gasteiger partial charge in [0.1, 0.15) is 23.6 Å². The number of hydrogen-bond acceptors (Lipinski definition) is 8. The second kappa shape index (κ2) is 12.5. The number of nitrogens with zero attached hydrogens (tertiary/aromatic N) is 4. The Morgan fingerprint density at radius 3 is 2.48 bits per heavy atom. The summed E-state index contributed by atoms with van der Waals surface area (Å²) in [5.41, 5.74) is 5.10. The van der Waals surface area contributed by atoms with Crippen LogP contribution < -0.4 is 14.8 Å². The van der Waals surface area contributed by atoms with Gasteiger partial charge in [-0.3, -0.25) is 4.90 Å². The molecule has 1 saturated heterocycles. The lowest BCUT2D eigenvalue weighted by Crippen LogP contribution is -2.25. The highest BCUT2D eigenvalue weighted by atomic mass is 35.5. The molecule has 4 aromatic carbocycles. The Bertz CT molecular complexity index is 1710. The average Bonchev–Trinajstić information content (AvgIpc) is 3.53. The predicted octanol–water partition coefficient (Wildman–Crippen LogP) is 7.09. The Balaban J connectivity index is 1.15. The van der Waals surface area contributed by atoms with Crippen molar-refractivity contribution >= 4 is 40.2 Å². The number of carbonyl (C=O) groups is 1. The molecule has 0 amide bonds. The van der Waals surface area contributed by atoms with Crippen molar-refractivity contribution in [2.75, 3.05) is 31.6 Å². The lowest BCUT2D eigenvalue weighted by molar-refractivity contribution is 0.0735. The minimum Gasteiger partial charge on any atom is -0.492 e. The van der Waals surface area contributed by atoms with Crippen molar-refractivity contribution in [1.29, 1.82) is 0 Å². The number of aryl methyl sites for hydroxylation is 1. The molecule has 0 spiro atoms. The van der Waals surface area contributed by atoms with Crippen LogP contribution in [-0.4, -0.2) is 52.3 Å². The van der Waals surface area contributed by atoms with Crippen LogP contribution >= 0.6 is 11.6 Å². The molecule has 6 rings (SSSR count). The number of benzene rings is 4. The van der Waals surface area contributed by atoms with Crippen LogP contribution in [0.2, 0.25) is 5.02 Å². The monoisotopic (exact) mass is 579 g/mol. The summed E-state index contributed by atoms with van der Waals surface area (Å²) in [5, 5.41) is 12.5. The highest BCUT2D eigenvalue weighted by Crippen LogP contribution is 2.34. The number of aromatic nitrogens is 3. The zero-order valence-electron chi connectivity index (χ0n) is 23.2. The van der Waals surface area contributed by atoms with E-state index in [0.717, 1.165) is 34.6 Å². The minimum atomic E-state index is -0.437. The summed E-state index contributed by atoms with van der Waals surface area (Å²) in [6, 6.07) is 25.6. The smallest absolute Gasteiger partial charge is 0.343 e. The summed E-state index contributed by atoms with van der Waals surface area (Å²) in [4.78, 5) is 19.7. The molecule has 5 aromatic rings. The van der Waals surface area contributed by atoms with Crippen molar-refractivity contribution < 1.29 is 14.3 Å². The molecule has 2 heterocycles. The number of fused-ring (bicyclic) bond motifs is 1. The largest absolute Gasteiger partial charge is 0.492 e. The Morgan fingerprint density at radius 1 is 0.929 bits per heavy atom. The van der Waals surface area contributed by atoms with Gasteiger partial charge in [0.25, 0.3) is 0 Å². The van der Waals surface area contributed by atoms with Gasteiger partial charge < -0.3 is 14.8 Å². The number of esters is 1. The number of rotatable bonds is 9. The number of halogens is 1. The van der Waals surface area contributed by atoms with Gasteiger partial charge in [-0.2, -0.15) is 0 Å². The van der Waals surface area contributed by atoms with E-state index < -0.39 is 5.97 Å². The first-order valence-corrected chi connectivity index (χ1v) is 14.3. The number of likely N-dealkylation sites (tertiary alicyclic amines) is 1. The summed E-state index contributed by atoms with van der Waals surface area (Å²) >= 11 is 6.56. The lowest BCUT2D eigenvalue weighted by Gasteiger charge is -2.15. The molecule has 1 aliphatic rings. The van der Waals surface area contributed by atoms with Crippen molar-refractivity contribution in [1.82, 2.24) is 20.1 Å². The number of hydrogen-bond donors (Lipinski definition) is 1. The molecular formula is C33H30ClN5O3. The molecule has 42 heavy (non-hydrogen) atoms. The molecule has 8 nitrogen and oxygen atoms in total. The number of ether oxygens (including phenoxy) is 2. The molecule has 1 aromatic heterocycles. The molecule has 1 N–H and O–H groups in total. The van der Waals surface area contributed by atoms with Gasteiger partial charge in [-0.1, -0.05) is 29.8 Å². The Labute approximate surface area is 249 Å². The first kappa shape index (κ1) is 27.6. The highest BCUT2D eigenvalue weighted by molar-refractivity contribution is 6.33. The van der Waals surface area contributed by atoms with Crippen molar-refractivity contribution in [3.8, 4) is 22.6 Å².